The molecule has 0 bridgehead atoms. The average molecular weight is 475 g/mol. The summed E-state index contributed by atoms with van der Waals surface area (Å²) in [6, 6.07) is 23.6. The first-order valence-electron chi connectivity index (χ1n) is 10.6. The van der Waals surface area contributed by atoms with Crippen LogP contribution in [0.25, 0.3) is 16.9 Å². The molecule has 0 radical (unpaired) electrons. The minimum Gasteiger partial charge on any atom is -0.484 e. The Morgan fingerprint density at radius 2 is 1.65 bits per heavy atom. The summed E-state index contributed by atoms with van der Waals surface area (Å²) in [6.07, 6.45) is 1.71. The van der Waals surface area contributed by atoms with Crippen LogP contribution in [0.3, 0.4) is 0 Å². The molecule has 0 fully saturated rings. The van der Waals surface area contributed by atoms with Gasteiger partial charge in [-0.3, -0.25) is 9.59 Å². The van der Waals surface area contributed by atoms with E-state index in [0.717, 1.165) is 11.3 Å². The van der Waals surface area contributed by atoms with Crippen LogP contribution in [0.5, 0.6) is 5.75 Å². The van der Waals surface area contributed by atoms with E-state index in [1.807, 2.05) is 42.5 Å². The van der Waals surface area contributed by atoms with E-state index in [4.69, 9.17) is 16.3 Å². The normalized spacial score (nSPS) is 10.6. The zero-order valence-electron chi connectivity index (χ0n) is 18.7. The zero-order valence-corrected chi connectivity index (χ0v) is 19.5. The molecule has 0 aliphatic rings. The number of anilines is 1. The molecule has 2 amide bonds. The second kappa shape index (κ2) is 10.2. The maximum absolute atomic E-state index is 13.2. The molecule has 1 aromatic heterocycles. The molecule has 0 aliphatic carbocycles. The molecule has 7 nitrogen and oxygen atoms in total. The lowest BCUT2D eigenvalue weighted by Gasteiger charge is -2.11. The van der Waals surface area contributed by atoms with Crippen LogP contribution in [0.2, 0.25) is 5.02 Å². The summed E-state index contributed by atoms with van der Waals surface area (Å²) in [4.78, 5) is 26.4. The number of carbonyl (C=O) groups excluding carboxylic acids is 2. The number of aromatic nitrogens is 2. The minimum atomic E-state index is -0.302. The maximum atomic E-state index is 13.2. The lowest BCUT2D eigenvalue weighted by Crippen LogP contribution is -2.27. The molecular formula is C26H23ClN4O3. The third kappa shape index (κ3) is 5.44. The summed E-state index contributed by atoms with van der Waals surface area (Å²) >= 11 is 6.04. The van der Waals surface area contributed by atoms with Crippen LogP contribution in [0.4, 0.5) is 5.69 Å². The highest BCUT2D eigenvalue weighted by Crippen LogP contribution is 2.26. The van der Waals surface area contributed by atoms with Gasteiger partial charge in [-0.15, -0.1) is 0 Å². The lowest BCUT2D eigenvalue weighted by molar-refractivity contribution is -0.130. The molecule has 34 heavy (non-hydrogen) atoms. The number of para-hydroxylation sites is 1. The fourth-order valence-corrected chi connectivity index (χ4v) is 3.31. The topological polar surface area (TPSA) is 76.5 Å². The van der Waals surface area contributed by atoms with Gasteiger partial charge >= 0.3 is 0 Å². The van der Waals surface area contributed by atoms with Crippen LogP contribution in [0.1, 0.15) is 10.4 Å². The van der Waals surface area contributed by atoms with Crippen molar-refractivity contribution in [1.82, 2.24) is 14.7 Å². The fourth-order valence-electron chi connectivity index (χ4n) is 3.18. The number of benzene rings is 3. The largest absolute Gasteiger partial charge is 0.484 e. The number of ether oxygens (including phenoxy) is 1. The number of halogens is 1. The van der Waals surface area contributed by atoms with Crippen LogP contribution in [0.15, 0.2) is 85.1 Å². The van der Waals surface area contributed by atoms with Crippen LogP contribution in [-0.2, 0) is 4.79 Å². The highest BCUT2D eigenvalue weighted by Gasteiger charge is 2.19. The van der Waals surface area contributed by atoms with Gasteiger partial charge in [0, 0.05) is 36.6 Å². The fraction of sp³-hybridized carbons (Fsp3) is 0.115. The van der Waals surface area contributed by atoms with Crippen molar-refractivity contribution >= 4 is 29.1 Å². The predicted molar refractivity (Wildman–Crippen MR) is 133 cm³/mol. The summed E-state index contributed by atoms with van der Waals surface area (Å²) in [6.45, 7) is -0.0537. The molecule has 3 aromatic carbocycles. The van der Waals surface area contributed by atoms with Crippen molar-refractivity contribution in [1.29, 1.82) is 0 Å². The van der Waals surface area contributed by atoms with Crippen molar-refractivity contribution in [2.24, 2.45) is 0 Å². The Bertz CT molecular complexity index is 1280. The SMILES string of the molecule is CN(C)C(=O)COc1ccc(NC(=O)c2cn(-c3ccccc3)nc2-c2ccc(Cl)cc2)cc1. The van der Waals surface area contributed by atoms with Gasteiger partial charge in [-0.25, -0.2) is 4.68 Å². The molecule has 0 saturated heterocycles. The molecule has 172 valence electrons. The first kappa shape index (κ1) is 23.1. The molecule has 1 N–H and O–H groups in total. The van der Waals surface area contributed by atoms with Crippen molar-refractivity contribution in [2.45, 2.75) is 0 Å². The molecule has 4 rings (SSSR count). The molecule has 0 atom stereocenters. The van der Waals surface area contributed by atoms with Crippen LogP contribution in [-0.4, -0.2) is 47.2 Å². The number of carbonyl (C=O) groups is 2. The van der Waals surface area contributed by atoms with Gasteiger partial charge in [-0.05, 0) is 48.5 Å². The van der Waals surface area contributed by atoms with E-state index in [-0.39, 0.29) is 18.4 Å². The highest BCUT2D eigenvalue weighted by atomic mass is 35.5. The number of nitrogens with zero attached hydrogens (tertiary/aromatic N) is 3. The van der Waals surface area contributed by atoms with E-state index < -0.39 is 0 Å². The smallest absolute Gasteiger partial charge is 0.259 e. The van der Waals surface area contributed by atoms with Crippen molar-refractivity contribution in [3.8, 4) is 22.7 Å². The monoisotopic (exact) mass is 474 g/mol. The van der Waals surface area contributed by atoms with E-state index in [9.17, 15) is 9.59 Å². The summed E-state index contributed by atoms with van der Waals surface area (Å²) < 4.78 is 7.16. The minimum absolute atomic E-state index is 0.0537. The van der Waals surface area contributed by atoms with Gasteiger partial charge < -0.3 is 15.0 Å². The van der Waals surface area contributed by atoms with Crippen molar-refractivity contribution in [3.63, 3.8) is 0 Å². The second-order valence-electron chi connectivity index (χ2n) is 7.73. The van der Waals surface area contributed by atoms with Gasteiger partial charge in [-0.2, -0.15) is 5.10 Å². The number of rotatable bonds is 7. The van der Waals surface area contributed by atoms with Gasteiger partial charge in [0.1, 0.15) is 11.4 Å². The molecule has 8 heteroatoms. The second-order valence-corrected chi connectivity index (χ2v) is 8.17. The summed E-state index contributed by atoms with van der Waals surface area (Å²) in [5, 5.41) is 8.18. The number of amides is 2. The van der Waals surface area contributed by atoms with Gasteiger partial charge in [0.25, 0.3) is 11.8 Å². The highest BCUT2D eigenvalue weighted by molar-refractivity contribution is 6.30. The number of nitrogens with one attached hydrogen (secondary N) is 1. The van der Waals surface area contributed by atoms with Crippen molar-refractivity contribution < 1.29 is 14.3 Å². The van der Waals surface area contributed by atoms with Gasteiger partial charge in [-0.1, -0.05) is 41.9 Å². The van der Waals surface area contributed by atoms with Crippen molar-refractivity contribution in [3.05, 3.63) is 95.6 Å². The Morgan fingerprint density at radius 1 is 0.971 bits per heavy atom. The molecule has 4 aromatic rings. The van der Waals surface area contributed by atoms with E-state index >= 15 is 0 Å². The van der Waals surface area contributed by atoms with E-state index in [1.165, 1.54) is 4.90 Å². The quantitative estimate of drug-likeness (QED) is 0.413. The number of likely N-dealkylation sites (N-methyl/N-ethyl adjacent to an activating group) is 1. The molecule has 0 aliphatic heterocycles. The van der Waals surface area contributed by atoms with E-state index in [0.29, 0.717) is 27.7 Å². The van der Waals surface area contributed by atoms with Crippen LogP contribution < -0.4 is 10.1 Å². The molecular weight excluding hydrogens is 452 g/mol. The molecule has 1 heterocycles. The molecule has 0 spiro atoms. The first-order valence-corrected chi connectivity index (χ1v) is 10.9. The zero-order chi connectivity index (χ0) is 24.1. The average Bonchev–Trinajstić information content (AvgIpc) is 3.30. The van der Waals surface area contributed by atoms with Crippen molar-refractivity contribution in [2.75, 3.05) is 26.0 Å². The first-order chi connectivity index (χ1) is 16.4. The van der Waals surface area contributed by atoms with Crippen LogP contribution >= 0.6 is 11.6 Å². The standard InChI is InChI=1S/C26H23ClN4O3/c1-30(2)24(32)17-34-22-14-12-20(13-15-22)28-26(33)23-16-31(21-6-4-3-5-7-21)29-25(23)18-8-10-19(27)11-9-18/h3-16H,17H2,1-2H3,(H,28,33). The van der Waals surface area contributed by atoms with E-state index in [1.54, 1.807) is 61.4 Å². The molecule has 0 saturated carbocycles. The van der Waals surface area contributed by atoms with Gasteiger partial charge in [0.2, 0.25) is 0 Å². The van der Waals surface area contributed by atoms with Gasteiger partial charge in [0.05, 0.1) is 11.3 Å². The molecule has 0 unspecified atom stereocenters. The Hall–Kier alpha value is -4.10. The summed E-state index contributed by atoms with van der Waals surface area (Å²) in [7, 11) is 3.34. The Kier molecular flexibility index (Phi) is 6.94. The van der Waals surface area contributed by atoms with E-state index in [2.05, 4.69) is 10.4 Å². The summed E-state index contributed by atoms with van der Waals surface area (Å²) in [5.74, 6) is 0.0954. The van der Waals surface area contributed by atoms with Gasteiger partial charge in [0.15, 0.2) is 6.61 Å². The Balaban J connectivity index is 1.57. The number of hydrogen-bond donors (Lipinski definition) is 1. The predicted octanol–water partition coefficient (Wildman–Crippen LogP) is 4.91. The Labute approximate surface area is 202 Å². The lowest BCUT2D eigenvalue weighted by atomic mass is 10.1. The van der Waals surface area contributed by atoms with Crippen LogP contribution in [0, 0.1) is 0 Å². The number of hydrogen-bond acceptors (Lipinski definition) is 4. The third-order valence-electron chi connectivity index (χ3n) is 5.07. The Morgan fingerprint density at radius 3 is 2.29 bits per heavy atom. The third-order valence-corrected chi connectivity index (χ3v) is 5.32. The maximum Gasteiger partial charge on any atom is 0.259 e. The summed E-state index contributed by atoms with van der Waals surface area (Å²) in [5.41, 5.74) is 3.16.